The first kappa shape index (κ1) is 17.7. The number of ether oxygens (including phenoxy) is 2. The van der Waals surface area contributed by atoms with E-state index in [1.165, 1.54) is 0 Å². The van der Waals surface area contributed by atoms with E-state index in [9.17, 15) is 9.59 Å². The predicted octanol–water partition coefficient (Wildman–Crippen LogP) is 3.18. The summed E-state index contributed by atoms with van der Waals surface area (Å²) in [7, 11) is 0. The van der Waals surface area contributed by atoms with Crippen LogP contribution in [0, 0.1) is 0 Å². The van der Waals surface area contributed by atoms with Gasteiger partial charge in [-0.2, -0.15) is 0 Å². The van der Waals surface area contributed by atoms with Crippen LogP contribution in [0.4, 0.5) is 0 Å². The molecule has 0 spiro atoms. The van der Waals surface area contributed by atoms with Crippen LogP contribution < -0.4 is 0 Å². The first-order valence-electron chi connectivity index (χ1n) is 7.99. The molecule has 0 atom stereocenters. The largest absolute Gasteiger partial charge is 0.462 e. The number of nitrogens with one attached hydrogen (secondary N) is 1. The smallest absolute Gasteiger partial charge is 0.338 e. The molecule has 1 aromatic heterocycles. The van der Waals surface area contributed by atoms with E-state index >= 15 is 0 Å². The lowest BCUT2D eigenvalue weighted by Crippen LogP contribution is -2.07. The Balaban J connectivity index is 1.94. The standard InChI is InChI=1S/C18H22N2O4/c1-4-9-23-18(22)13-7-8-14-15(11-13)20-16(19-14)6-5-10-24-17(21)12(2)3/h7-8,11H,2,4-6,9-10H2,1,3H3,(H,19,20). The summed E-state index contributed by atoms with van der Waals surface area (Å²) in [6, 6.07) is 5.24. The van der Waals surface area contributed by atoms with Gasteiger partial charge in [-0.25, -0.2) is 14.6 Å². The van der Waals surface area contributed by atoms with Crippen molar-refractivity contribution in [2.75, 3.05) is 13.2 Å². The number of fused-ring (bicyclic) bond motifs is 1. The molecule has 0 unspecified atom stereocenters. The summed E-state index contributed by atoms with van der Waals surface area (Å²) >= 11 is 0. The van der Waals surface area contributed by atoms with E-state index in [2.05, 4.69) is 16.5 Å². The Hall–Kier alpha value is -2.63. The second-order valence-corrected chi connectivity index (χ2v) is 5.57. The molecule has 128 valence electrons. The fourth-order valence-electron chi connectivity index (χ4n) is 2.11. The summed E-state index contributed by atoms with van der Waals surface area (Å²) in [6.45, 7) is 7.82. The van der Waals surface area contributed by atoms with Crippen molar-refractivity contribution in [1.29, 1.82) is 0 Å². The quantitative estimate of drug-likeness (QED) is 0.457. The topological polar surface area (TPSA) is 81.3 Å². The molecular weight excluding hydrogens is 308 g/mol. The number of esters is 2. The van der Waals surface area contributed by atoms with Gasteiger partial charge in [0.2, 0.25) is 0 Å². The fourth-order valence-corrected chi connectivity index (χ4v) is 2.11. The van der Waals surface area contributed by atoms with Crippen LogP contribution in [0.3, 0.4) is 0 Å². The monoisotopic (exact) mass is 330 g/mol. The van der Waals surface area contributed by atoms with Crippen molar-refractivity contribution in [3.63, 3.8) is 0 Å². The second kappa shape index (κ2) is 8.29. The molecule has 0 saturated carbocycles. The predicted molar refractivity (Wildman–Crippen MR) is 90.8 cm³/mol. The molecule has 1 N–H and O–H groups in total. The van der Waals surface area contributed by atoms with Gasteiger partial charge < -0.3 is 14.5 Å². The Labute approximate surface area is 140 Å². The van der Waals surface area contributed by atoms with Gasteiger partial charge >= 0.3 is 11.9 Å². The van der Waals surface area contributed by atoms with Gasteiger partial charge in [0.15, 0.2) is 0 Å². The van der Waals surface area contributed by atoms with Gasteiger partial charge in [0.25, 0.3) is 0 Å². The number of hydrogen-bond acceptors (Lipinski definition) is 5. The van der Waals surface area contributed by atoms with Gasteiger partial charge in [-0.05, 0) is 38.0 Å². The minimum atomic E-state index is -0.380. The van der Waals surface area contributed by atoms with Gasteiger partial charge in [0, 0.05) is 12.0 Å². The first-order valence-corrected chi connectivity index (χ1v) is 7.99. The highest BCUT2D eigenvalue weighted by Gasteiger charge is 2.10. The molecule has 1 heterocycles. The second-order valence-electron chi connectivity index (χ2n) is 5.57. The third-order valence-corrected chi connectivity index (χ3v) is 3.34. The lowest BCUT2D eigenvalue weighted by molar-refractivity contribution is -0.139. The zero-order valence-corrected chi connectivity index (χ0v) is 14.1. The summed E-state index contributed by atoms with van der Waals surface area (Å²) in [5.41, 5.74) is 2.47. The molecule has 0 bridgehead atoms. The maximum Gasteiger partial charge on any atom is 0.338 e. The minimum Gasteiger partial charge on any atom is -0.462 e. The number of carbonyl (C=O) groups is 2. The summed E-state index contributed by atoms with van der Waals surface area (Å²) in [4.78, 5) is 30.8. The van der Waals surface area contributed by atoms with Crippen molar-refractivity contribution in [1.82, 2.24) is 9.97 Å². The average molecular weight is 330 g/mol. The highest BCUT2D eigenvalue weighted by molar-refractivity contribution is 5.93. The average Bonchev–Trinajstić information content (AvgIpc) is 2.97. The molecule has 6 nitrogen and oxygen atoms in total. The molecule has 24 heavy (non-hydrogen) atoms. The number of carbonyl (C=O) groups excluding carboxylic acids is 2. The number of benzene rings is 1. The molecular formula is C18H22N2O4. The molecule has 0 saturated heterocycles. The third kappa shape index (κ3) is 4.68. The maximum absolute atomic E-state index is 11.9. The highest BCUT2D eigenvalue weighted by atomic mass is 16.5. The highest BCUT2D eigenvalue weighted by Crippen LogP contribution is 2.15. The summed E-state index contributed by atoms with van der Waals surface area (Å²) in [5, 5.41) is 0. The van der Waals surface area contributed by atoms with Crippen molar-refractivity contribution in [2.24, 2.45) is 0 Å². The molecule has 0 radical (unpaired) electrons. The van der Waals surface area contributed by atoms with E-state index in [1.807, 2.05) is 6.92 Å². The number of aromatic nitrogens is 2. The molecule has 1 aromatic carbocycles. The van der Waals surface area contributed by atoms with Crippen LogP contribution in [-0.4, -0.2) is 35.1 Å². The van der Waals surface area contributed by atoms with E-state index in [-0.39, 0.29) is 11.9 Å². The van der Waals surface area contributed by atoms with E-state index in [1.54, 1.807) is 25.1 Å². The minimum absolute atomic E-state index is 0.317. The van der Waals surface area contributed by atoms with Crippen molar-refractivity contribution in [2.45, 2.75) is 33.1 Å². The van der Waals surface area contributed by atoms with Crippen LogP contribution in [0.2, 0.25) is 0 Å². The zero-order chi connectivity index (χ0) is 17.5. The Bertz CT molecular complexity index is 749. The van der Waals surface area contributed by atoms with Crippen LogP contribution in [0.15, 0.2) is 30.4 Å². The van der Waals surface area contributed by atoms with Gasteiger partial charge in [0.1, 0.15) is 5.82 Å². The molecule has 0 fully saturated rings. The Morgan fingerprint density at radius 3 is 2.75 bits per heavy atom. The SMILES string of the molecule is C=C(C)C(=O)OCCCc1nc2ccc(C(=O)OCCC)cc2[nH]1. The van der Waals surface area contributed by atoms with Crippen LogP contribution in [0.1, 0.15) is 42.9 Å². The van der Waals surface area contributed by atoms with Crippen molar-refractivity contribution in [3.8, 4) is 0 Å². The number of aryl methyl sites for hydroxylation is 1. The molecule has 0 aliphatic rings. The summed E-state index contributed by atoms with van der Waals surface area (Å²) < 4.78 is 10.2. The van der Waals surface area contributed by atoms with Gasteiger partial charge in [-0.15, -0.1) is 0 Å². The summed E-state index contributed by atoms with van der Waals surface area (Å²) in [6.07, 6.45) is 2.09. The number of hydrogen-bond donors (Lipinski definition) is 1. The van der Waals surface area contributed by atoms with Crippen molar-refractivity contribution in [3.05, 3.63) is 41.7 Å². The van der Waals surface area contributed by atoms with E-state index in [0.29, 0.717) is 37.2 Å². The first-order chi connectivity index (χ1) is 11.5. The molecule has 0 amide bonds. The zero-order valence-electron chi connectivity index (χ0n) is 14.1. The van der Waals surface area contributed by atoms with Crippen molar-refractivity contribution < 1.29 is 19.1 Å². The molecule has 2 aromatic rings. The molecule has 0 aliphatic heterocycles. The number of H-pyrrole nitrogens is 1. The van der Waals surface area contributed by atoms with Crippen LogP contribution in [0.5, 0.6) is 0 Å². The van der Waals surface area contributed by atoms with Gasteiger partial charge in [-0.1, -0.05) is 13.5 Å². The Morgan fingerprint density at radius 2 is 2.04 bits per heavy atom. The Morgan fingerprint density at radius 1 is 1.25 bits per heavy atom. The summed E-state index contributed by atoms with van der Waals surface area (Å²) in [5.74, 6) is 0.0758. The third-order valence-electron chi connectivity index (χ3n) is 3.34. The van der Waals surface area contributed by atoms with Crippen LogP contribution in [-0.2, 0) is 20.7 Å². The van der Waals surface area contributed by atoms with Crippen LogP contribution >= 0.6 is 0 Å². The van der Waals surface area contributed by atoms with Gasteiger partial charge in [0.05, 0.1) is 29.8 Å². The molecule has 0 aliphatic carbocycles. The maximum atomic E-state index is 11.9. The fraction of sp³-hybridized carbons (Fsp3) is 0.389. The lowest BCUT2D eigenvalue weighted by atomic mass is 10.2. The molecule has 2 rings (SSSR count). The van der Waals surface area contributed by atoms with E-state index in [4.69, 9.17) is 9.47 Å². The number of imidazole rings is 1. The lowest BCUT2D eigenvalue weighted by Gasteiger charge is -2.02. The Kier molecular flexibility index (Phi) is 6.12. The van der Waals surface area contributed by atoms with Crippen molar-refractivity contribution >= 4 is 23.0 Å². The number of rotatable bonds is 8. The molecule has 6 heteroatoms. The number of nitrogens with zero attached hydrogens (tertiary/aromatic N) is 1. The number of aromatic amines is 1. The van der Waals surface area contributed by atoms with E-state index < -0.39 is 0 Å². The van der Waals surface area contributed by atoms with Crippen LogP contribution in [0.25, 0.3) is 11.0 Å². The van der Waals surface area contributed by atoms with E-state index in [0.717, 1.165) is 23.3 Å². The van der Waals surface area contributed by atoms with Gasteiger partial charge in [-0.3, -0.25) is 0 Å². The normalized spacial score (nSPS) is 10.6.